The van der Waals surface area contributed by atoms with Crippen molar-refractivity contribution in [3.63, 3.8) is 0 Å². The quantitative estimate of drug-likeness (QED) is 0.767. The van der Waals surface area contributed by atoms with Crippen LogP contribution in [0.5, 0.6) is 0 Å². The molecule has 7 heteroatoms. The van der Waals surface area contributed by atoms with E-state index in [1.54, 1.807) is 16.2 Å². The van der Waals surface area contributed by atoms with Gasteiger partial charge in [0.15, 0.2) is 0 Å². The van der Waals surface area contributed by atoms with Crippen LogP contribution in [0.25, 0.3) is 10.2 Å². The number of hydrogen-bond donors (Lipinski definition) is 3. The summed E-state index contributed by atoms with van der Waals surface area (Å²) in [7, 11) is 0. The molecule has 1 aromatic carbocycles. The summed E-state index contributed by atoms with van der Waals surface area (Å²) >= 11 is 1.72. The fraction of sp³-hybridized carbons (Fsp3) is 0.556. The number of piperazine rings is 1. The molecule has 0 aliphatic carbocycles. The van der Waals surface area contributed by atoms with Crippen molar-refractivity contribution in [3.8, 4) is 0 Å². The number of thiazole rings is 1. The predicted molar refractivity (Wildman–Crippen MR) is 99.1 cm³/mol. The maximum Gasteiger partial charge on any atom is 0.407 e. The Kier molecular flexibility index (Phi) is 4.62. The van der Waals surface area contributed by atoms with Gasteiger partial charge in [0.1, 0.15) is 5.01 Å². The first-order valence-electron chi connectivity index (χ1n) is 8.96. The van der Waals surface area contributed by atoms with Gasteiger partial charge in [-0.2, -0.15) is 0 Å². The average molecular weight is 360 g/mol. The molecule has 1 unspecified atom stereocenters. The molecule has 1 aromatic heterocycles. The molecule has 0 spiro atoms. The fourth-order valence-electron chi connectivity index (χ4n) is 3.86. The maximum absolute atomic E-state index is 11.7. The third-order valence-corrected chi connectivity index (χ3v) is 6.37. The second-order valence-electron chi connectivity index (χ2n) is 7.12. The monoisotopic (exact) mass is 360 g/mol. The molecule has 4 rings (SSSR count). The molecule has 2 fully saturated rings. The summed E-state index contributed by atoms with van der Waals surface area (Å²) in [5, 5.41) is 17.6. The Hall–Kier alpha value is -1.70. The smallest absolute Gasteiger partial charge is 0.407 e. The van der Waals surface area contributed by atoms with Crippen molar-refractivity contribution >= 4 is 27.6 Å². The molecular formula is C18H24N4O2S. The van der Waals surface area contributed by atoms with Crippen molar-refractivity contribution < 1.29 is 9.90 Å². The number of carboxylic acid groups (broad SMARTS) is 1. The van der Waals surface area contributed by atoms with Crippen LogP contribution in [0.15, 0.2) is 18.2 Å². The molecule has 2 aromatic rings. The van der Waals surface area contributed by atoms with Gasteiger partial charge in [-0.1, -0.05) is 13.0 Å². The summed E-state index contributed by atoms with van der Waals surface area (Å²) in [6.45, 7) is 5.58. The van der Waals surface area contributed by atoms with Gasteiger partial charge in [-0.05, 0) is 36.5 Å². The summed E-state index contributed by atoms with van der Waals surface area (Å²) in [4.78, 5) is 18.1. The Morgan fingerprint density at radius 3 is 3.00 bits per heavy atom. The number of amides is 1. The lowest BCUT2D eigenvalue weighted by molar-refractivity contribution is 0.0900. The van der Waals surface area contributed by atoms with Gasteiger partial charge >= 0.3 is 6.09 Å². The Morgan fingerprint density at radius 2 is 2.24 bits per heavy atom. The summed E-state index contributed by atoms with van der Waals surface area (Å²) in [6, 6.07) is 6.47. The third kappa shape index (κ3) is 3.36. The molecule has 134 valence electrons. The Bertz CT molecular complexity index is 772. The number of rotatable bonds is 2. The van der Waals surface area contributed by atoms with E-state index in [0.29, 0.717) is 12.5 Å². The zero-order chi connectivity index (χ0) is 17.4. The number of fused-ring (bicyclic) bond motifs is 1. The minimum atomic E-state index is -0.826. The van der Waals surface area contributed by atoms with E-state index >= 15 is 0 Å². The molecule has 3 N–H and O–H groups in total. The largest absolute Gasteiger partial charge is 0.465 e. The van der Waals surface area contributed by atoms with Gasteiger partial charge in [-0.25, -0.2) is 9.78 Å². The van der Waals surface area contributed by atoms with E-state index in [1.807, 2.05) is 0 Å². The Labute approximate surface area is 151 Å². The summed E-state index contributed by atoms with van der Waals surface area (Å²) in [5.74, 6) is 0.423. The van der Waals surface area contributed by atoms with Crippen molar-refractivity contribution in [2.24, 2.45) is 5.92 Å². The normalized spacial score (nSPS) is 27.6. The molecule has 2 aliphatic heterocycles. The van der Waals surface area contributed by atoms with Gasteiger partial charge in [0.25, 0.3) is 0 Å². The van der Waals surface area contributed by atoms with E-state index in [0.717, 1.165) is 53.3 Å². The molecule has 0 bridgehead atoms. The highest BCUT2D eigenvalue weighted by Crippen LogP contribution is 2.36. The number of aromatic nitrogens is 1. The lowest BCUT2D eigenvalue weighted by Crippen LogP contribution is -2.42. The van der Waals surface area contributed by atoms with Gasteiger partial charge in [-0.3, -0.25) is 0 Å². The van der Waals surface area contributed by atoms with Gasteiger partial charge in [-0.15, -0.1) is 11.3 Å². The predicted octanol–water partition coefficient (Wildman–Crippen LogP) is 2.98. The fourth-order valence-corrected chi connectivity index (χ4v) is 4.88. The minimum absolute atomic E-state index is 0.0577. The van der Waals surface area contributed by atoms with Crippen LogP contribution in [0, 0.1) is 5.92 Å². The molecular weight excluding hydrogens is 336 g/mol. The highest BCUT2D eigenvalue weighted by atomic mass is 32.1. The molecule has 3 atom stereocenters. The van der Waals surface area contributed by atoms with Crippen LogP contribution in [0.1, 0.15) is 42.4 Å². The molecule has 1 amide bonds. The lowest BCUT2D eigenvalue weighted by Gasteiger charge is -2.37. The van der Waals surface area contributed by atoms with Crippen molar-refractivity contribution in [2.75, 3.05) is 26.2 Å². The van der Waals surface area contributed by atoms with Gasteiger partial charge in [0.05, 0.1) is 22.3 Å². The van der Waals surface area contributed by atoms with E-state index in [-0.39, 0.29) is 12.1 Å². The first-order chi connectivity index (χ1) is 12.1. The van der Waals surface area contributed by atoms with Crippen molar-refractivity contribution in [3.05, 3.63) is 28.8 Å². The van der Waals surface area contributed by atoms with Crippen molar-refractivity contribution in [1.29, 1.82) is 0 Å². The topological polar surface area (TPSA) is 77.5 Å². The lowest BCUT2D eigenvalue weighted by atomic mass is 9.90. The third-order valence-electron chi connectivity index (χ3n) is 5.22. The van der Waals surface area contributed by atoms with E-state index in [9.17, 15) is 9.90 Å². The van der Waals surface area contributed by atoms with Gasteiger partial charge < -0.3 is 20.6 Å². The summed E-state index contributed by atoms with van der Waals surface area (Å²) in [5.41, 5.74) is 2.04. The molecule has 25 heavy (non-hydrogen) atoms. The van der Waals surface area contributed by atoms with E-state index in [1.165, 1.54) is 0 Å². The average Bonchev–Trinajstić information content (AvgIpc) is 3.05. The van der Waals surface area contributed by atoms with Crippen LogP contribution >= 0.6 is 11.3 Å². The molecule has 0 saturated carbocycles. The molecule has 0 radical (unpaired) electrons. The van der Waals surface area contributed by atoms with Crippen LogP contribution in [0.3, 0.4) is 0 Å². The number of likely N-dealkylation sites (tertiary alicyclic amines) is 1. The number of hydrogen-bond acceptors (Lipinski definition) is 5. The van der Waals surface area contributed by atoms with Crippen LogP contribution in [-0.2, 0) is 0 Å². The molecule has 2 aliphatic rings. The van der Waals surface area contributed by atoms with Crippen molar-refractivity contribution in [2.45, 2.75) is 31.8 Å². The first-order valence-corrected chi connectivity index (χ1v) is 9.77. The summed E-state index contributed by atoms with van der Waals surface area (Å²) < 4.78 is 1.16. The number of nitrogens with one attached hydrogen (secondary N) is 2. The van der Waals surface area contributed by atoms with E-state index in [4.69, 9.17) is 4.98 Å². The zero-order valence-corrected chi connectivity index (χ0v) is 15.2. The highest BCUT2D eigenvalue weighted by Gasteiger charge is 2.31. The first kappa shape index (κ1) is 16.8. The van der Waals surface area contributed by atoms with Crippen molar-refractivity contribution in [1.82, 2.24) is 20.5 Å². The SMILES string of the molecule is C[C@H]1CC[C@H](c2ccc3sc(C4CNCCN4)nc3c2)N(C(=O)O)C1. The number of benzene rings is 1. The number of carbonyl (C=O) groups is 1. The van der Waals surface area contributed by atoms with Gasteiger partial charge in [0.2, 0.25) is 0 Å². The van der Waals surface area contributed by atoms with Crippen LogP contribution in [0.2, 0.25) is 0 Å². The highest BCUT2D eigenvalue weighted by molar-refractivity contribution is 7.18. The molecule has 3 heterocycles. The number of piperidine rings is 1. The van der Waals surface area contributed by atoms with Crippen LogP contribution in [-0.4, -0.2) is 47.3 Å². The second kappa shape index (κ2) is 6.90. The van der Waals surface area contributed by atoms with E-state index in [2.05, 4.69) is 35.8 Å². The summed E-state index contributed by atoms with van der Waals surface area (Å²) in [6.07, 6.45) is 1.12. The van der Waals surface area contributed by atoms with Crippen LogP contribution < -0.4 is 10.6 Å². The zero-order valence-electron chi connectivity index (χ0n) is 14.4. The maximum atomic E-state index is 11.7. The second-order valence-corrected chi connectivity index (χ2v) is 8.19. The minimum Gasteiger partial charge on any atom is -0.465 e. The van der Waals surface area contributed by atoms with E-state index < -0.39 is 6.09 Å². The molecule has 2 saturated heterocycles. The van der Waals surface area contributed by atoms with Gasteiger partial charge in [0, 0.05) is 26.2 Å². The Balaban J connectivity index is 1.62. The number of nitrogens with zero attached hydrogens (tertiary/aromatic N) is 2. The Morgan fingerprint density at radius 1 is 1.36 bits per heavy atom. The standard InChI is InChI=1S/C18H24N4O2S/c1-11-2-4-15(22(10-11)18(23)24)12-3-5-16-13(8-12)21-17(25-16)14-9-19-6-7-20-14/h3,5,8,11,14-15,19-20H,2,4,6-7,9-10H2,1H3,(H,23,24)/t11-,14?,15+/m0/s1. The van der Waals surface area contributed by atoms with Crippen LogP contribution in [0.4, 0.5) is 4.79 Å². The molecule has 6 nitrogen and oxygen atoms in total.